The number of rotatable bonds is 7. The van der Waals surface area contributed by atoms with Crippen LogP contribution in [-0.2, 0) is 9.53 Å². The van der Waals surface area contributed by atoms with Crippen LogP contribution in [0.2, 0.25) is 0 Å². The van der Waals surface area contributed by atoms with Crippen LogP contribution in [0.4, 0.5) is 5.69 Å². The number of thiophene rings is 1. The topological polar surface area (TPSA) is 75.7 Å². The molecule has 2 aromatic carbocycles. The number of hydrogen-bond donors (Lipinski definition) is 1. The van der Waals surface area contributed by atoms with E-state index in [2.05, 4.69) is 5.32 Å². The normalized spacial score (nSPS) is 11.4. The maximum absolute atomic E-state index is 12.4. The highest BCUT2D eigenvalue weighted by molar-refractivity contribution is 7.12. The molecule has 154 valence electrons. The molecule has 0 bridgehead atoms. The van der Waals surface area contributed by atoms with Gasteiger partial charge in [-0.15, -0.1) is 11.3 Å². The number of likely N-dealkylation sites (N-methyl/N-ethyl adjacent to an activating group) is 1. The molecule has 1 N–H and O–H groups in total. The summed E-state index contributed by atoms with van der Waals surface area (Å²) in [6.07, 6.45) is 0. The molecule has 0 saturated carbocycles. The monoisotopic (exact) mass is 422 g/mol. The number of carbonyl (C=O) groups is 3. The molecule has 6 nitrogen and oxygen atoms in total. The van der Waals surface area contributed by atoms with Gasteiger partial charge in [0.25, 0.3) is 11.8 Å². The SMILES string of the molecule is CC(c1ccccc1)N(C)C(=O)COC(=O)c1cccc(NC(=O)c2cccs2)c1. The Hall–Kier alpha value is -3.45. The van der Waals surface area contributed by atoms with Crippen molar-refractivity contribution in [2.24, 2.45) is 0 Å². The first-order valence-electron chi connectivity index (χ1n) is 9.38. The summed E-state index contributed by atoms with van der Waals surface area (Å²) in [5.74, 6) is -1.18. The van der Waals surface area contributed by atoms with Gasteiger partial charge in [0.05, 0.1) is 16.5 Å². The van der Waals surface area contributed by atoms with Crippen molar-refractivity contribution in [2.75, 3.05) is 19.0 Å². The van der Waals surface area contributed by atoms with Crippen molar-refractivity contribution in [3.8, 4) is 0 Å². The van der Waals surface area contributed by atoms with Gasteiger partial charge in [-0.25, -0.2) is 4.79 Å². The lowest BCUT2D eigenvalue weighted by Crippen LogP contribution is -2.33. The molecule has 0 radical (unpaired) electrons. The van der Waals surface area contributed by atoms with E-state index in [9.17, 15) is 14.4 Å². The van der Waals surface area contributed by atoms with Crippen LogP contribution in [-0.4, -0.2) is 36.3 Å². The van der Waals surface area contributed by atoms with Crippen LogP contribution in [0.1, 0.15) is 38.6 Å². The number of nitrogens with one attached hydrogen (secondary N) is 1. The van der Waals surface area contributed by atoms with Crippen LogP contribution in [0.25, 0.3) is 0 Å². The Balaban J connectivity index is 1.57. The van der Waals surface area contributed by atoms with Crippen molar-refractivity contribution in [2.45, 2.75) is 13.0 Å². The van der Waals surface area contributed by atoms with Crippen molar-refractivity contribution in [1.82, 2.24) is 4.90 Å². The largest absolute Gasteiger partial charge is 0.452 e. The molecule has 3 aromatic rings. The molecular weight excluding hydrogens is 400 g/mol. The maximum Gasteiger partial charge on any atom is 0.338 e. The van der Waals surface area contributed by atoms with E-state index in [1.54, 1.807) is 42.3 Å². The molecule has 0 aliphatic heterocycles. The highest BCUT2D eigenvalue weighted by Crippen LogP contribution is 2.19. The second kappa shape index (κ2) is 9.84. The Bertz CT molecular complexity index is 1020. The quantitative estimate of drug-likeness (QED) is 0.574. The summed E-state index contributed by atoms with van der Waals surface area (Å²) in [7, 11) is 1.68. The molecule has 1 unspecified atom stereocenters. The highest BCUT2D eigenvalue weighted by Gasteiger charge is 2.19. The summed E-state index contributed by atoms with van der Waals surface area (Å²) in [6.45, 7) is 1.55. The number of esters is 1. The summed E-state index contributed by atoms with van der Waals surface area (Å²) >= 11 is 1.33. The summed E-state index contributed by atoms with van der Waals surface area (Å²) in [5.41, 5.74) is 1.73. The van der Waals surface area contributed by atoms with E-state index in [0.717, 1.165) is 5.56 Å². The molecule has 1 heterocycles. The van der Waals surface area contributed by atoms with Gasteiger partial charge < -0.3 is 15.0 Å². The predicted octanol–water partition coefficient (Wildman–Crippen LogP) is 4.38. The summed E-state index contributed by atoms with van der Waals surface area (Å²) < 4.78 is 5.19. The molecule has 0 spiro atoms. The van der Waals surface area contributed by atoms with E-state index in [-0.39, 0.29) is 30.0 Å². The lowest BCUT2D eigenvalue weighted by molar-refractivity contribution is -0.135. The Morgan fingerprint density at radius 1 is 1.03 bits per heavy atom. The molecule has 0 saturated heterocycles. The zero-order valence-corrected chi connectivity index (χ0v) is 17.5. The molecule has 2 amide bonds. The van der Waals surface area contributed by atoms with Crippen LogP contribution < -0.4 is 5.32 Å². The van der Waals surface area contributed by atoms with E-state index in [1.807, 2.05) is 42.6 Å². The first-order valence-corrected chi connectivity index (χ1v) is 10.3. The van der Waals surface area contributed by atoms with Crippen molar-refractivity contribution < 1.29 is 19.1 Å². The number of carbonyl (C=O) groups excluding carboxylic acids is 3. The molecular formula is C23H22N2O4S. The van der Waals surface area contributed by atoms with Gasteiger partial charge in [0.15, 0.2) is 6.61 Å². The van der Waals surface area contributed by atoms with Crippen molar-refractivity contribution >= 4 is 34.8 Å². The van der Waals surface area contributed by atoms with Gasteiger partial charge in [0, 0.05) is 12.7 Å². The van der Waals surface area contributed by atoms with Gasteiger partial charge in [-0.3, -0.25) is 9.59 Å². The highest BCUT2D eigenvalue weighted by atomic mass is 32.1. The van der Waals surface area contributed by atoms with E-state index in [0.29, 0.717) is 10.6 Å². The van der Waals surface area contributed by atoms with Crippen molar-refractivity contribution in [3.05, 3.63) is 88.1 Å². The smallest absolute Gasteiger partial charge is 0.338 e. The average molecular weight is 423 g/mol. The third kappa shape index (κ3) is 5.33. The van der Waals surface area contributed by atoms with Gasteiger partial charge >= 0.3 is 5.97 Å². The van der Waals surface area contributed by atoms with Gasteiger partial charge in [0.2, 0.25) is 0 Å². The van der Waals surface area contributed by atoms with E-state index >= 15 is 0 Å². The van der Waals surface area contributed by atoms with Crippen LogP contribution in [0.3, 0.4) is 0 Å². The third-order valence-electron chi connectivity index (χ3n) is 4.68. The number of nitrogens with zero attached hydrogens (tertiary/aromatic N) is 1. The molecule has 0 fully saturated rings. The van der Waals surface area contributed by atoms with E-state index < -0.39 is 5.97 Å². The summed E-state index contributed by atoms with van der Waals surface area (Å²) in [6, 6.07) is 19.4. The standard InChI is InChI=1S/C23H22N2O4S/c1-16(17-8-4-3-5-9-17)25(2)21(26)15-29-23(28)18-10-6-11-19(14-18)24-22(27)20-12-7-13-30-20/h3-14,16H,15H2,1-2H3,(H,24,27). The van der Waals surface area contributed by atoms with Crippen molar-refractivity contribution in [3.63, 3.8) is 0 Å². The Morgan fingerprint density at radius 2 is 1.80 bits per heavy atom. The molecule has 0 aliphatic rings. The second-order valence-corrected chi connectivity index (χ2v) is 7.63. The summed E-state index contributed by atoms with van der Waals surface area (Å²) in [5, 5.41) is 4.56. The zero-order valence-electron chi connectivity index (χ0n) is 16.7. The number of hydrogen-bond acceptors (Lipinski definition) is 5. The van der Waals surface area contributed by atoms with Gasteiger partial charge in [0.1, 0.15) is 0 Å². The number of benzene rings is 2. The Labute approximate surface area is 179 Å². The lowest BCUT2D eigenvalue weighted by Gasteiger charge is -2.25. The second-order valence-electron chi connectivity index (χ2n) is 6.68. The van der Waals surface area contributed by atoms with Gasteiger partial charge in [-0.1, -0.05) is 42.5 Å². The fraction of sp³-hybridized carbons (Fsp3) is 0.174. The molecule has 1 atom stereocenters. The van der Waals surface area contributed by atoms with Crippen LogP contribution in [0, 0.1) is 0 Å². The average Bonchev–Trinajstić information content (AvgIpc) is 3.32. The Kier molecular flexibility index (Phi) is 6.98. The lowest BCUT2D eigenvalue weighted by atomic mass is 10.1. The van der Waals surface area contributed by atoms with Crippen LogP contribution >= 0.6 is 11.3 Å². The Morgan fingerprint density at radius 3 is 2.50 bits per heavy atom. The van der Waals surface area contributed by atoms with Gasteiger partial charge in [-0.2, -0.15) is 0 Å². The van der Waals surface area contributed by atoms with Crippen molar-refractivity contribution in [1.29, 1.82) is 0 Å². The number of anilines is 1. The minimum Gasteiger partial charge on any atom is -0.452 e. The minimum absolute atomic E-state index is 0.145. The zero-order chi connectivity index (χ0) is 21.5. The number of ether oxygens (including phenoxy) is 1. The summed E-state index contributed by atoms with van der Waals surface area (Å²) in [4.78, 5) is 39.1. The minimum atomic E-state index is -0.628. The molecule has 1 aromatic heterocycles. The predicted molar refractivity (Wildman–Crippen MR) is 117 cm³/mol. The maximum atomic E-state index is 12.4. The fourth-order valence-corrected chi connectivity index (χ4v) is 3.43. The van der Waals surface area contributed by atoms with Gasteiger partial charge in [-0.05, 0) is 42.1 Å². The molecule has 30 heavy (non-hydrogen) atoms. The van der Waals surface area contributed by atoms with Crippen LogP contribution in [0.5, 0.6) is 0 Å². The fourth-order valence-electron chi connectivity index (χ4n) is 2.81. The van der Waals surface area contributed by atoms with Crippen LogP contribution in [0.15, 0.2) is 72.1 Å². The molecule has 0 aliphatic carbocycles. The first-order chi connectivity index (χ1) is 14.5. The molecule has 7 heteroatoms. The van der Waals surface area contributed by atoms with E-state index in [4.69, 9.17) is 4.74 Å². The first kappa shape index (κ1) is 21.3. The third-order valence-corrected chi connectivity index (χ3v) is 5.55. The van der Waals surface area contributed by atoms with E-state index in [1.165, 1.54) is 17.4 Å². The number of amides is 2. The molecule has 3 rings (SSSR count).